The molecule has 9 heteroatoms. The van der Waals surface area contributed by atoms with E-state index >= 15 is 0 Å². The predicted molar refractivity (Wildman–Crippen MR) is 127 cm³/mol. The number of aliphatic imine (C=N–C) groups is 1. The molecule has 0 radical (unpaired) electrons. The number of hydrogen-bond acceptors (Lipinski definition) is 4. The van der Waals surface area contributed by atoms with Gasteiger partial charge in [0.25, 0.3) is 0 Å². The molecule has 3 aromatic carbocycles. The molecule has 0 saturated heterocycles. The number of hydrogen-bond donors (Lipinski definition) is 1. The van der Waals surface area contributed by atoms with Crippen LogP contribution in [0.2, 0.25) is 0 Å². The number of nitrogens with one attached hydrogen (secondary N) is 1. The van der Waals surface area contributed by atoms with Gasteiger partial charge < -0.3 is 5.32 Å². The van der Waals surface area contributed by atoms with Crippen LogP contribution in [0, 0.1) is 11.6 Å². The molecule has 5 rings (SSSR count). The average Bonchev–Trinajstić information content (AvgIpc) is 3.21. The standard InChI is InChI=1S/C27H19F5N4/c1-2-21-24-18(12-16(28)13-20(24)29)25(33-21)36-26-34-22(15-8-4-3-5-9-15)14-23(35-26)17-10-6-7-11-19(17)27(30,31)32/h3-14,21H,2H2,1H3,(H,33,34,35,36)/t21-/m0/s1. The minimum atomic E-state index is -4.60. The summed E-state index contributed by atoms with van der Waals surface area (Å²) in [7, 11) is 0. The van der Waals surface area contributed by atoms with Gasteiger partial charge in [-0.3, -0.25) is 4.99 Å². The highest BCUT2D eigenvalue weighted by atomic mass is 19.4. The van der Waals surface area contributed by atoms with Crippen LogP contribution in [-0.4, -0.2) is 15.8 Å². The smallest absolute Gasteiger partial charge is 0.309 e. The normalized spacial score (nSPS) is 14.9. The van der Waals surface area contributed by atoms with Crippen LogP contribution in [0.1, 0.15) is 36.1 Å². The fourth-order valence-electron chi connectivity index (χ4n) is 4.26. The lowest BCUT2D eigenvalue weighted by molar-refractivity contribution is -0.137. The van der Waals surface area contributed by atoms with Crippen molar-refractivity contribution in [3.05, 3.63) is 101 Å². The molecule has 0 amide bonds. The van der Waals surface area contributed by atoms with Crippen LogP contribution in [0.25, 0.3) is 22.5 Å². The molecule has 4 aromatic rings. The first-order chi connectivity index (χ1) is 17.2. The van der Waals surface area contributed by atoms with E-state index in [1.54, 1.807) is 24.3 Å². The van der Waals surface area contributed by atoms with Gasteiger partial charge in [0, 0.05) is 28.3 Å². The topological polar surface area (TPSA) is 50.2 Å². The van der Waals surface area contributed by atoms with Crippen molar-refractivity contribution in [2.75, 3.05) is 5.32 Å². The summed E-state index contributed by atoms with van der Waals surface area (Å²) in [4.78, 5) is 13.3. The van der Waals surface area contributed by atoms with Crippen molar-refractivity contribution >= 4 is 11.8 Å². The molecule has 1 N–H and O–H groups in total. The number of amidine groups is 1. The number of anilines is 1. The van der Waals surface area contributed by atoms with Gasteiger partial charge >= 0.3 is 6.18 Å². The molecule has 1 atom stereocenters. The van der Waals surface area contributed by atoms with E-state index in [2.05, 4.69) is 20.3 Å². The van der Waals surface area contributed by atoms with E-state index in [0.717, 1.165) is 12.1 Å². The Labute approximate surface area is 203 Å². The molecule has 0 aliphatic carbocycles. The van der Waals surface area contributed by atoms with Crippen molar-refractivity contribution in [3.8, 4) is 22.5 Å². The van der Waals surface area contributed by atoms with E-state index in [0.29, 0.717) is 17.7 Å². The molecule has 2 heterocycles. The van der Waals surface area contributed by atoms with Crippen molar-refractivity contribution in [2.45, 2.75) is 25.6 Å². The lowest BCUT2D eigenvalue weighted by Gasteiger charge is -2.15. The molecule has 0 unspecified atom stereocenters. The Morgan fingerprint density at radius 2 is 1.53 bits per heavy atom. The second-order valence-electron chi connectivity index (χ2n) is 8.25. The molecule has 0 fully saturated rings. The SMILES string of the molecule is CC[C@@H]1N=C(Nc2nc(-c3ccccc3)cc(-c3ccccc3C(F)(F)F)n2)c2cc(F)cc(F)c21. The third-order valence-electron chi connectivity index (χ3n) is 5.89. The van der Waals surface area contributed by atoms with Crippen molar-refractivity contribution in [2.24, 2.45) is 4.99 Å². The van der Waals surface area contributed by atoms with Gasteiger partial charge in [-0.25, -0.2) is 18.7 Å². The van der Waals surface area contributed by atoms with Gasteiger partial charge in [0.15, 0.2) is 0 Å². The Bertz CT molecular complexity index is 1470. The summed E-state index contributed by atoms with van der Waals surface area (Å²) < 4.78 is 69.9. The molecular formula is C27H19F5N4. The fourth-order valence-corrected chi connectivity index (χ4v) is 4.26. The number of fused-ring (bicyclic) bond motifs is 1. The van der Waals surface area contributed by atoms with Gasteiger partial charge in [-0.05, 0) is 24.6 Å². The molecular weight excluding hydrogens is 475 g/mol. The van der Waals surface area contributed by atoms with E-state index < -0.39 is 29.4 Å². The molecule has 0 saturated carbocycles. The Hall–Kier alpha value is -4.14. The minimum absolute atomic E-state index is 0.0376. The van der Waals surface area contributed by atoms with Gasteiger partial charge in [0.1, 0.15) is 17.5 Å². The van der Waals surface area contributed by atoms with Crippen molar-refractivity contribution in [1.29, 1.82) is 0 Å². The van der Waals surface area contributed by atoms with Gasteiger partial charge in [-0.1, -0.05) is 55.5 Å². The van der Waals surface area contributed by atoms with Crippen molar-refractivity contribution < 1.29 is 22.0 Å². The van der Waals surface area contributed by atoms with Gasteiger partial charge in [0.2, 0.25) is 5.95 Å². The van der Waals surface area contributed by atoms with Crippen LogP contribution in [-0.2, 0) is 6.18 Å². The maximum atomic E-state index is 14.5. The highest BCUT2D eigenvalue weighted by Crippen LogP contribution is 2.38. The number of benzene rings is 3. The maximum absolute atomic E-state index is 14.5. The van der Waals surface area contributed by atoms with Gasteiger partial charge in [0.05, 0.1) is 23.0 Å². The number of halogens is 5. The second kappa shape index (κ2) is 9.14. The third kappa shape index (κ3) is 4.44. The predicted octanol–water partition coefficient (Wildman–Crippen LogP) is 7.43. The zero-order chi connectivity index (χ0) is 25.4. The fraction of sp³-hybridized carbons (Fsp3) is 0.148. The summed E-state index contributed by atoms with van der Waals surface area (Å²) in [5, 5.41) is 2.91. The van der Waals surface area contributed by atoms with Crippen LogP contribution in [0.5, 0.6) is 0 Å². The molecule has 1 aliphatic heterocycles. The minimum Gasteiger partial charge on any atom is -0.309 e. The molecule has 1 aliphatic rings. The number of alkyl halides is 3. The highest BCUT2D eigenvalue weighted by Gasteiger charge is 2.34. The molecule has 182 valence electrons. The molecule has 0 bridgehead atoms. The monoisotopic (exact) mass is 494 g/mol. The number of rotatable bonds is 4. The molecule has 4 nitrogen and oxygen atoms in total. The van der Waals surface area contributed by atoms with E-state index in [1.165, 1.54) is 30.3 Å². The summed E-state index contributed by atoms with van der Waals surface area (Å²) >= 11 is 0. The lowest BCUT2D eigenvalue weighted by atomic mass is 10.0. The molecule has 0 spiro atoms. The summed E-state index contributed by atoms with van der Waals surface area (Å²) in [5.41, 5.74) is 0.587. The summed E-state index contributed by atoms with van der Waals surface area (Å²) in [5.74, 6) is -1.38. The second-order valence-corrected chi connectivity index (χ2v) is 8.25. The lowest BCUT2D eigenvalue weighted by Crippen LogP contribution is -2.15. The molecule has 1 aromatic heterocycles. The third-order valence-corrected chi connectivity index (χ3v) is 5.89. The zero-order valence-corrected chi connectivity index (χ0v) is 18.9. The Morgan fingerprint density at radius 1 is 0.833 bits per heavy atom. The summed E-state index contributed by atoms with van der Waals surface area (Å²) in [6.07, 6.45) is -4.13. The first-order valence-corrected chi connectivity index (χ1v) is 11.2. The van der Waals surface area contributed by atoms with Crippen LogP contribution >= 0.6 is 0 Å². The van der Waals surface area contributed by atoms with Crippen LogP contribution in [0.3, 0.4) is 0 Å². The van der Waals surface area contributed by atoms with Crippen LogP contribution < -0.4 is 5.32 Å². The number of aromatic nitrogens is 2. The van der Waals surface area contributed by atoms with Crippen LogP contribution in [0.4, 0.5) is 27.9 Å². The molecule has 36 heavy (non-hydrogen) atoms. The van der Waals surface area contributed by atoms with Gasteiger partial charge in [-0.2, -0.15) is 13.2 Å². The summed E-state index contributed by atoms with van der Waals surface area (Å²) in [6, 6.07) is 16.9. The highest BCUT2D eigenvalue weighted by molar-refractivity contribution is 6.10. The first kappa shape index (κ1) is 23.6. The largest absolute Gasteiger partial charge is 0.417 e. The quantitative estimate of drug-likeness (QED) is 0.300. The van der Waals surface area contributed by atoms with Crippen molar-refractivity contribution in [1.82, 2.24) is 9.97 Å². The Kier molecular flexibility index (Phi) is 5.99. The summed E-state index contributed by atoms with van der Waals surface area (Å²) in [6.45, 7) is 1.82. The van der Waals surface area contributed by atoms with E-state index in [4.69, 9.17) is 0 Å². The number of nitrogens with zero attached hydrogens (tertiary/aromatic N) is 3. The van der Waals surface area contributed by atoms with Crippen LogP contribution in [0.15, 0.2) is 77.8 Å². The maximum Gasteiger partial charge on any atom is 0.417 e. The zero-order valence-electron chi connectivity index (χ0n) is 18.9. The average molecular weight is 494 g/mol. The van der Waals surface area contributed by atoms with Gasteiger partial charge in [-0.15, -0.1) is 0 Å². The van der Waals surface area contributed by atoms with E-state index in [1.807, 2.05) is 13.0 Å². The Morgan fingerprint density at radius 3 is 2.25 bits per heavy atom. The Balaban J connectivity index is 1.65. The first-order valence-electron chi connectivity index (χ1n) is 11.2. The van der Waals surface area contributed by atoms with Crippen molar-refractivity contribution in [3.63, 3.8) is 0 Å². The van der Waals surface area contributed by atoms with E-state index in [-0.39, 0.29) is 34.2 Å². The van der Waals surface area contributed by atoms with E-state index in [9.17, 15) is 22.0 Å².